The van der Waals surface area contributed by atoms with Gasteiger partial charge in [0.1, 0.15) is 5.69 Å². The maximum atomic E-state index is 13.0. The molecule has 0 aliphatic carbocycles. The van der Waals surface area contributed by atoms with E-state index in [1.165, 1.54) is 12.0 Å². The van der Waals surface area contributed by atoms with Crippen molar-refractivity contribution in [3.63, 3.8) is 0 Å². The number of esters is 1. The number of nitrogens with zero attached hydrogens (tertiary/aromatic N) is 1. The SMILES string of the molecule is CCOCCCN(CC(=O)c1c(C)[nH]c(C(=O)OC)c1C)C(=O)NC(C)(C)C. The summed E-state index contributed by atoms with van der Waals surface area (Å²) in [5, 5.41) is 2.89. The van der Waals surface area contributed by atoms with Gasteiger partial charge in [0.15, 0.2) is 5.78 Å². The number of aromatic nitrogens is 1. The van der Waals surface area contributed by atoms with Crippen molar-refractivity contribution in [3.05, 3.63) is 22.5 Å². The largest absolute Gasteiger partial charge is 0.464 e. The molecule has 0 unspecified atom stereocenters. The number of aryl methyl sites for hydroxylation is 1. The van der Waals surface area contributed by atoms with Crippen LogP contribution in [-0.4, -0.2) is 66.6 Å². The zero-order chi connectivity index (χ0) is 21.5. The lowest BCUT2D eigenvalue weighted by atomic mass is 10.0. The molecule has 8 heteroatoms. The molecule has 0 aliphatic rings. The molecule has 28 heavy (non-hydrogen) atoms. The van der Waals surface area contributed by atoms with E-state index >= 15 is 0 Å². The third-order valence-electron chi connectivity index (χ3n) is 4.13. The van der Waals surface area contributed by atoms with Crippen LogP contribution in [0.2, 0.25) is 0 Å². The van der Waals surface area contributed by atoms with Gasteiger partial charge in [-0.3, -0.25) is 4.79 Å². The fourth-order valence-electron chi connectivity index (χ4n) is 2.88. The Bertz CT molecular complexity index is 703. The highest BCUT2D eigenvalue weighted by Crippen LogP contribution is 2.20. The summed E-state index contributed by atoms with van der Waals surface area (Å²) in [6.45, 7) is 12.4. The summed E-state index contributed by atoms with van der Waals surface area (Å²) in [6, 6.07) is -0.309. The highest BCUT2D eigenvalue weighted by molar-refractivity contribution is 6.04. The van der Waals surface area contributed by atoms with Crippen molar-refractivity contribution in [1.82, 2.24) is 15.2 Å². The van der Waals surface area contributed by atoms with Crippen LogP contribution in [-0.2, 0) is 9.47 Å². The molecule has 0 radical (unpaired) electrons. The Labute approximate surface area is 167 Å². The molecular weight excluding hydrogens is 362 g/mol. The highest BCUT2D eigenvalue weighted by Gasteiger charge is 2.26. The molecule has 2 amide bonds. The van der Waals surface area contributed by atoms with Crippen molar-refractivity contribution in [2.45, 2.75) is 53.5 Å². The van der Waals surface area contributed by atoms with Crippen LogP contribution >= 0.6 is 0 Å². The molecule has 1 aromatic heterocycles. The lowest BCUT2D eigenvalue weighted by Crippen LogP contribution is -2.50. The van der Waals surface area contributed by atoms with Gasteiger partial charge in [-0.2, -0.15) is 0 Å². The zero-order valence-electron chi connectivity index (χ0n) is 18.0. The predicted molar refractivity (Wildman–Crippen MR) is 107 cm³/mol. The van der Waals surface area contributed by atoms with Gasteiger partial charge in [-0.1, -0.05) is 0 Å². The van der Waals surface area contributed by atoms with Crippen molar-refractivity contribution < 1.29 is 23.9 Å². The van der Waals surface area contributed by atoms with Gasteiger partial charge in [0.05, 0.1) is 13.7 Å². The Morgan fingerprint density at radius 2 is 1.82 bits per heavy atom. The van der Waals surface area contributed by atoms with Crippen LogP contribution in [0.4, 0.5) is 4.79 Å². The fraction of sp³-hybridized carbons (Fsp3) is 0.650. The minimum absolute atomic E-state index is 0.0891. The van der Waals surface area contributed by atoms with Crippen molar-refractivity contribution in [2.75, 3.05) is 33.4 Å². The van der Waals surface area contributed by atoms with Gasteiger partial charge >= 0.3 is 12.0 Å². The fourth-order valence-corrected chi connectivity index (χ4v) is 2.88. The third-order valence-corrected chi connectivity index (χ3v) is 4.13. The monoisotopic (exact) mass is 395 g/mol. The van der Waals surface area contributed by atoms with Crippen LogP contribution in [0.5, 0.6) is 0 Å². The number of ether oxygens (including phenoxy) is 2. The van der Waals surface area contributed by atoms with Gasteiger partial charge in [0.2, 0.25) is 0 Å². The quantitative estimate of drug-likeness (QED) is 0.380. The number of amides is 2. The lowest BCUT2D eigenvalue weighted by molar-refractivity contribution is 0.0593. The second-order valence-electron chi connectivity index (χ2n) is 7.69. The van der Waals surface area contributed by atoms with Crippen molar-refractivity contribution in [1.29, 1.82) is 0 Å². The van der Waals surface area contributed by atoms with E-state index in [0.29, 0.717) is 43.0 Å². The summed E-state index contributed by atoms with van der Waals surface area (Å²) in [5.41, 5.74) is 1.36. The highest BCUT2D eigenvalue weighted by atomic mass is 16.5. The van der Waals surface area contributed by atoms with Gasteiger partial charge in [-0.15, -0.1) is 0 Å². The topological polar surface area (TPSA) is 101 Å². The number of H-pyrrole nitrogens is 1. The molecule has 1 heterocycles. The van der Waals surface area contributed by atoms with Gasteiger partial charge in [-0.05, 0) is 53.5 Å². The molecule has 0 fully saturated rings. The van der Waals surface area contributed by atoms with Crippen LogP contribution in [0.1, 0.15) is 66.2 Å². The zero-order valence-corrected chi connectivity index (χ0v) is 18.0. The van der Waals surface area contributed by atoms with E-state index in [1.807, 2.05) is 27.7 Å². The van der Waals surface area contributed by atoms with E-state index in [0.717, 1.165) is 0 Å². The summed E-state index contributed by atoms with van der Waals surface area (Å²) in [6.07, 6.45) is 0.622. The molecule has 1 aromatic rings. The Morgan fingerprint density at radius 3 is 2.36 bits per heavy atom. The maximum absolute atomic E-state index is 13.0. The molecule has 0 aromatic carbocycles. The first kappa shape index (κ1) is 23.7. The first-order valence-corrected chi connectivity index (χ1v) is 9.47. The van der Waals surface area contributed by atoms with E-state index in [9.17, 15) is 14.4 Å². The van der Waals surface area contributed by atoms with Crippen LogP contribution in [0.3, 0.4) is 0 Å². The molecule has 0 saturated carbocycles. The average molecular weight is 396 g/mol. The van der Waals surface area contributed by atoms with Crippen LogP contribution in [0, 0.1) is 13.8 Å². The molecule has 1 rings (SSSR count). The number of methoxy groups -OCH3 is 1. The first-order valence-electron chi connectivity index (χ1n) is 9.47. The number of aromatic amines is 1. The van der Waals surface area contributed by atoms with Crippen molar-refractivity contribution in [3.8, 4) is 0 Å². The maximum Gasteiger partial charge on any atom is 0.354 e. The van der Waals surface area contributed by atoms with Crippen LogP contribution < -0.4 is 5.32 Å². The molecular formula is C20H33N3O5. The molecule has 0 saturated heterocycles. The van der Waals surface area contributed by atoms with Crippen LogP contribution in [0.15, 0.2) is 0 Å². The minimum atomic E-state index is -0.529. The summed E-state index contributed by atoms with van der Waals surface area (Å²) in [5.74, 6) is -0.763. The Kier molecular flexibility index (Phi) is 8.68. The smallest absolute Gasteiger partial charge is 0.354 e. The molecule has 2 N–H and O–H groups in total. The predicted octanol–water partition coefficient (Wildman–Crippen LogP) is 2.84. The van der Waals surface area contributed by atoms with E-state index in [2.05, 4.69) is 10.3 Å². The Balaban J connectivity index is 3.00. The van der Waals surface area contributed by atoms with Crippen LogP contribution in [0.25, 0.3) is 0 Å². The number of ketones is 1. The third kappa shape index (κ3) is 6.67. The molecule has 8 nitrogen and oxygen atoms in total. The number of rotatable bonds is 9. The molecule has 0 aliphatic heterocycles. The molecule has 0 bridgehead atoms. The van der Waals surface area contributed by atoms with E-state index in [1.54, 1.807) is 13.8 Å². The summed E-state index contributed by atoms with van der Waals surface area (Å²) < 4.78 is 10.1. The lowest BCUT2D eigenvalue weighted by Gasteiger charge is -2.28. The summed E-state index contributed by atoms with van der Waals surface area (Å²) in [7, 11) is 1.29. The summed E-state index contributed by atoms with van der Waals surface area (Å²) in [4.78, 5) is 41.9. The van der Waals surface area contributed by atoms with E-state index in [-0.39, 0.29) is 24.1 Å². The number of nitrogens with one attached hydrogen (secondary N) is 2. The van der Waals surface area contributed by atoms with Gasteiger partial charge in [0, 0.05) is 36.6 Å². The Hall–Kier alpha value is -2.35. The number of hydrogen-bond acceptors (Lipinski definition) is 5. The van der Waals surface area contributed by atoms with Gasteiger partial charge < -0.3 is 24.7 Å². The normalized spacial score (nSPS) is 11.2. The Morgan fingerprint density at radius 1 is 1.18 bits per heavy atom. The van der Waals surface area contributed by atoms with Gasteiger partial charge in [-0.25, -0.2) is 9.59 Å². The van der Waals surface area contributed by atoms with Crippen molar-refractivity contribution in [2.24, 2.45) is 0 Å². The number of Topliss-reactive ketones (excluding diaryl/α,β-unsaturated/α-hetero) is 1. The second kappa shape index (κ2) is 10.3. The number of urea groups is 1. The standard InChI is InChI=1S/C20H33N3O5/c1-8-28-11-9-10-23(19(26)22-20(4,5)6)12-15(24)16-13(2)17(18(25)27-7)21-14(16)3/h21H,8-12H2,1-7H3,(H,22,26). The van der Waals surface area contributed by atoms with Crippen molar-refractivity contribution >= 4 is 17.8 Å². The molecule has 0 spiro atoms. The number of carbonyl (C=O) groups is 3. The summed E-state index contributed by atoms with van der Waals surface area (Å²) >= 11 is 0. The second-order valence-corrected chi connectivity index (χ2v) is 7.69. The number of hydrogen-bond donors (Lipinski definition) is 2. The average Bonchev–Trinajstić information content (AvgIpc) is 2.89. The van der Waals surface area contributed by atoms with E-state index in [4.69, 9.17) is 9.47 Å². The number of carbonyl (C=O) groups excluding carboxylic acids is 3. The first-order chi connectivity index (χ1) is 13.0. The minimum Gasteiger partial charge on any atom is -0.464 e. The molecule has 158 valence electrons. The van der Waals surface area contributed by atoms with E-state index < -0.39 is 11.5 Å². The van der Waals surface area contributed by atoms with Gasteiger partial charge in [0.25, 0.3) is 0 Å². The molecule has 0 atom stereocenters.